The standard InChI is InChI=1S/C15H17F2N5O/c16-15(17)7-12(22(9-15)10-3-1-2-4-10)14-21-20-13(23-14)11-8-18-5-6-19-11/h5-6,8,10,12H,1-4,7,9H2/t12-/m0/s1. The fourth-order valence-corrected chi connectivity index (χ4v) is 3.57. The minimum atomic E-state index is -2.71. The summed E-state index contributed by atoms with van der Waals surface area (Å²) >= 11 is 0. The maximum absolute atomic E-state index is 14.0. The Morgan fingerprint density at radius 2 is 2.00 bits per heavy atom. The van der Waals surface area contributed by atoms with E-state index in [9.17, 15) is 8.78 Å². The largest absolute Gasteiger partial charge is 0.417 e. The monoisotopic (exact) mass is 321 g/mol. The Balaban J connectivity index is 1.61. The van der Waals surface area contributed by atoms with Crippen LogP contribution in [0.25, 0.3) is 11.6 Å². The van der Waals surface area contributed by atoms with Crippen LogP contribution in [0.15, 0.2) is 23.0 Å². The second kappa shape index (κ2) is 5.59. The molecule has 23 heavy (non-hydrogen) atoms. The van der Waals surface area contributed by atoms with Crippen LogP contribution in [0.1, 0.15) is 44.0 Å². The van der Waals surface area contributed by atoms with Gasteiger partial charge in [0, 0.05) is 24.9 Å². The van der Waals surface area contributed by atoms with Crippen LogP contribution < -0.4 is 0 Å². The number of aromatic nitrogens is 4. The zero-order chi connectivity index (χ0) is 15.9. The Bertz CT molecular complexity index is 672. The van der Waals surface area contributed by atoms with Crippen molar-refractivity contribution in [2.75, 3.05) is 6.54 Å². The highest BCUT2D eigenvalue weighted by Crippen LogP contribution is 2.44. The molecule has 2 aromatic heterocycles. The number of hydrogen-bond acceptors (Lipinski definition) is 6. The molecule has 122 valence electrons. The van der Waals surface area contributed by atoms with Gasteiger partial charge in [-0.2, -0.15) is 0 Å². The lowest BCUT2D eigenvalue weighted by molar-refractivity contribution is 0.00790. The molecule has 1 aliphatic heterocycles. The predicted octanol–water partition coefficient (Wildman–Crippen LogP) is 2.85. The Labute approximate surface area is 131 Å². The molecule has 1 aliphatic carbocycles. The summed E-state index contributed by atoms with van der Waals surface area (Å²) in [6.07, 6.45) is 8.40. The topological polar surface area (TPSA) is 67.9 Å². The molecule has 4 rings (SSSR count). The van der Waals surface area contributed by atoms with Gasteiger partial charge in [0.25, 0.3) is 11.8 Å². The molecule has 0 unspecified atom stereocenters. The van der Waals surface area contributed by atoms with Gasteiger partial charge in [-0.25, -0.2) is 13.8 Å². The molecule has 3 heterocycles. The molecule has 0 amide bonds. The summed E-state index contributed by atoms with van der Waals surface area (Å²) in [6, 6.07) is -0.341. The lowest BCUT2D eigenvalue weighted by atomic mass is 10.1. The summed E-state index contributed by atoms with van der Waals surface area (Å²) in [5.41, 5.74) is 0.448. The fraction of sp³-hybridized carbons (Fsp3) is 0.600. The second-order valence-electron chi connectivity index (χ2n) is 6.22. The number of rotatable bonds is 3. The van der Waals surface area contributed by atoms with E-state index < -0.39 is 12.0 Å². The molecule has 1 saturated carbocycles. The molecule has 1 saturated heterocycles. The molecule has 2 aliphatic rings. The van der Waals surface area contributed by atoms with Gasteiger partial charge in [0.2, 0.25) is 5.89 Å². The summed E-state index contributed by atoms with van der Waals surface area (Å²) in [7, 11) is 0. The molecule has 2 fully saturated rings. The minimum absolute atomic E-state index is 0.181. The van der Waals surface area contributed by atoms with E-state index in [4.69, 9.17) is 4.42 Å². The third-order valence-corrected chi connectivity index (χ3v) is 4.61. The van der Waals surface area contributed by atoms with Gasteiger partial charge in [-0.1, -0.05) is 12.8 Å². The molecular weight excluding hydrogens is 304 g/mol. The van der Waals surface area contributed by atoms with Crippen LogP contribution >= 0.6 is 0 Å². The average Bonchev–Trinajstić information content (AvgIpc) is 3.26. The van der Waals surface area contributed by atoms with Gasteiger partial charge in [0.05, 0.1) is 18.8 Å². The highest BCUT2D eigenvalue weighted by Gasteiger charge is 2.50. The van der Waals surface area contributed by atoms with E-state index >= 15 is 0 Å². The predicted molar refractivity (Wildman–Crippen MR) is 76.6 cm³/mol. The third kappa shape index (κ3) is 2.83. The van der Waals surface area contributed by atoms with Crippen molar-refractivity contribution in [2.45, 2.75) is 50.1 Å². The Morgan fingerprint density at radius 3 is 2.74 bits per heavy atom. The first-order valence-corrected chi connectivity index (χ1v) is 7.86. The number of nitrogens with zero attached hydrogens (tertiary/aromatic N) is 5. The maximum Gasteiger partial charge on any atom is 0.267 e. The lowest BCUT2D eigenvalue weighted by Crippen LogP contribution is -2.35. The molecule has 0 spiro atoms. The smallest absolute Gasteiger partial charge is 0.267 e. The van der Waals surface area contributed by atoms with Crippen LogP contribution in [0.5, 0.6) is 0 Å². The number of likely N-dealkylation sites (tertiary alicyclic amines) is 1. The quantitative estimate of drug-likeness (QED) is 0.866. The van der Waals surface area contributed by atoms with Crippen molar-refractivity contribution in [1.82, 2.24) is 25.1 Å². The van der Waals surface area contributed by atoms with Crippen LogP contribution in [0.2, 0.25) is 0 Å². The highest BCUT2D eigenvalue weighted by atomic mass is 19.3. The van der Waals surface area contributed by atoms with E-state index in [1.807, 2.05) is 4.90 Å². The molecule has 0 aromatic carbocycles. The van der Waals surface area contributed by atoms with E-state index in [1.54, 1.807) is 6.20 Å². The summed E-state index contributed by atoms with van der Waals surface area (Å²) in [5.74, 6) is -2.25. The van der Waals surface area contributed by atoms with Gasteiger partial charge < -0.3 is 4.42 Å². The Kier molecular flexibility index (Phi) is 3.56. The van der Waals surface area contributed by atoms with Crippen molar-refractivity contribution in [1.29, 1.82) is 0 Å². The summed E-state index contributed by atoms with van der Waals surface area (Å²) in [5, 5.41) is 7.95. The summed E-state index contributed by atoms with van der Waals surface area (Å²) in [6.45, 7) is -0.231. The molecule has 0 radical (unpaired) electrons. The molecule has 1 atom stereocenters. The van der Waals surface area contributed by atoms with Crippen LogP contribution in [0.4, 0.5) is 8.78 Å². The van der Waals surface area contributed by atoms with Gasteiger partial charge in [-0.05, 0) is 12.8 Å². The second-order valence-corrected chi connectivity index (χ2v) is 6.22. The van der Waals surface area contributed by atoms with Gasteiger partial charge in [-0.15, -0.1) is 10.2 Å². The molecule has 8 heteroatoms. The van der Waals surface area contributed by atoms with Crippen LogP contribution in [-0.4, -0.2) is 43.6 Å². The minimum Gasteiger partial charge on any atom is -0.417 e. The third-order valence-electron chi connectivity index (χ3n) is 4.61. The Hall–Kier alpha value is -1.96. The van der Waals surface area contributed by atoms with E-state index in [-0.39, 0.29) is 30.8 Å². The fourth-order valence-electron chi connectivity index (χ4n) is 3.57. The number of halogens is 2. The van der Waals surface area contributed by atoms with E-state index in [2.05, 4.69) is 20.2 Å². The van der Waals surface area contributed by atoms with Crippen LogP contribution in [0.3, 0.4) is 0 Å². The van der Waals surface area contributed by atoms with E-state index in [0.29, 0.717) is 5.69 Å². The molecular formula is C15H17F2N5O. The molecule has 6 nitrogen and oxygen atoms in total. The van der Waals surface area contributed by atoms with Gasteiger partial charge in [0.15, 0.2) is 0 Å². The normalized spacial score (nSPS) is 25.2. The van der Waals surface area contributed by atoms with Gasteiger partial charge in [-0.3, -0.25) is 9.88 Å². The zero-order valence-electron chi connectivity index (χ0n) is 12.5. The van der Waals surface area contributed by atoms with E-state index in [0.717, 1.165) is 25.7 Å². The van der Waals surface area contributed by atoms with Crippen molar-refractivity contribution < 1.29 is 13.2 Å². The van der Waals surface area contributed by atoms with Crippen molar-refractivity contribution in [3.05, 3.63) is 24.5 Å². The van der Waals surface area contributed by atoms with Crippen molar-refractivity contribution >= 4 is 0 Å². The van der Waals surface area contributed by atoms with Gasteiger partial charge >= 0.3 is 0 Å². The average molecular weight is 321 g/mol. The highest BCUT2D eigenvalue weighted by molar-refractivity contribution is 5.43. The molecule has 0 N–H and O–H groups in total. The van der Waals surface area contributed by atoms with Gasteiger partial charge in [0.1, 0.15) is 5.69 Å². The first-order chi connectivity index (χ1) is 11.1. The Morgan fingerprint density at radius 1 is 1.17 bits per heavy atom. The number of hydrogen-bond donors (Lipinski definition) is 0. The molecule has 0 bridgehead atoms. The van der Waals surface area contributed by atoms with Crippen LogP contribution in [-0.2, 0) is 0 Å². The van der Waals surface area contributed by atoms with Crippen molar-refractivity contribution in [2.24, 2.45) is 0 Å². The van der Waals surface area contributed by atoms with Crippen LogP contribution in [0, 0.1) is 0 Å². The summed E-state index contributed by atoms with van der Waals surface area (Å²) in [4.78, 5) is 9.89. The maximum atomic E-state index is 14.0. The van der Waals surface area contributed by atoms with Crippen molar-refractivity contribution in [3.8, 4) is 11.6 Å². The lowest BCUT2D eigenvalue weighted by Gasteiger charge is -2.27. The van der Waals surface area contributed by atoms with Crippen molar-refractivity contribution in [3.63, 3.8) is 0 Å². The molecule has 2 aromatic rings. The summed E-state index contributed by atoms with van der Waals surface area (Å²) < 4.78 is 33.6. The SMILES string of the molecule is FC1(F)C[C@@H](c2nnc(-c3cnccn3)o2)N(C2CCCC2)C1. The number of alkyl halides is 2. The first-order valence-electron chi connectivity index (χ1n) is 7.86. The first kappa shape index (κ1) is 14.6. The zero-order valence-corrected chi connectivity index (χ0v) is 12.5. The van der Waals surface area contributed by atoms with E-state index in [1.165, 1.54) is 12.4 Å².